The van der Waals surface area contributed by atoms with Gasteiger partial charge >= 0.3 is 0 Å². The third-order valence-electron chi connectivity index (χ3n) is 9.77. The first kappa shape index (κ1) is 34.0. The topological polar surface area (TPSA) is 43.2 Å². The molecule has 0 N–H and O–H groups in total. The molecule has 0 unspecified atom stereocenters. The van der Waals surface area contributed by atoms with Crippen molar-refractivity contribution in [1.82, 2.24) is 0 Å². The molecule has 0 saturated carbocycles. The Hall–Kier alpha value is -3.32. The van der Waals surface area contributed by atoms with Gasteiger partial charge in [0.2, 0.25) is 5.69 Å². The van der Waals surface area contributed by atoms with Gasteiger partial charge in [0, 0.05) is 73.3 Å². The normalized spacial score (nSPS) is 20.1. The van der Waals surface area contributed by atoms with Crippen molar-refractivity contribution >= 4 is 28.7 Å². The number of ether oxygens (including phenoxy) is 4. The first-order chi connectivity index (χ1) is 22.1. The number of hydrogen-bond donors (Lipinski definition) is 0. The van der Waals surface area contributed by atoms with Gasteiger partial charge in [-0.2, -0.15) is 4.58 Å². The quantitative estimate of drug-likeness (QED) is 0.161. The molecule has 0 saturated heterocycles. The summed E-state index contributed by atoms with van der Waals surface area (Å²) in [6.45, 7) is 12.4. The monoisotopic (exact) mass is 645 g/mol. The number of methoxy groups -OCH3 is 4. The zero-order chi connectivity index (χ0) is 33.1. The molecule has 0 spiro atoms. The molecule has 2 aromatic carbocycles. The smallest absolute Gasteiger partial charge is 0.210 e. The SMILES string of the molecule is COCCCN1/C(=C/C=C2\CCC(/C=C/C3=[N+](CCCOC)c4ccc(OC)cc4C3(C)C)=C2Cl)C(C)(C)c2cc(OC)ccc21. The Morgan fingerprint density at radius 2 is 1.48 bits per heavy atom. The number of halogens is 1. The Morgan fingerprint density at radius 1 is 0.804 bits per heavy atom. The summed E-state index contributed by atoms with van der Waals surface area (Å²) in [7, 11) is 6.97. The van der Waals surface area contributed by atoms with E-state index in [0.29, 0.717) is 0 Å². The zero-order valence-electron chi connectivity index (χ0n) is 28.8. The number of nitrogens with zero attached hydrogens (tertiary/aromatic N) is 2. The van der Waals surface area contributed by atoms with E-state index in [1.165, 1.54) is 45.1 Å². The van der Waals surface area contributed by atoms with Crippen molar-refractivity contribution < 1.29 is 23.5 Å². The van der Waals surface area contributed by atoms with Crippen molar-refractivity contribution in [1.29, 1.82) is 0 Å². The van der Waals surface area contributed by atoms with E-state index in [0.717, 1.165) is 68.5 Å². The number of anilines is 1. The van der Waals surface area contributed by atoms with Crippen LogP contribution in [0.2, 0.25) is 0 Å². The average Bonchev–Trinajstić information content (AvgIpc) is 3.58. The second-order valence-corrected chi connectivity index (χ2v) is 13.7. The lowest BCUT2D eigenvalue weighted by atomic mass is 9.81. The molecule has 0 amide bonds. The molecule has 2 aromatic rings. The molecule has 7 heteroatoms. The number of allylic oxidation sites excluding steroid dienone is 8. The molecule has 3 aliphatic rings. The molecule has 46 heavy (non-hydrogen) atoms. The Labute approximate surface area is 280 Å². The van der Waals surface area contributed by atoms with E-state index in [1.807, 2.05) is 12.1 Å². The molecule has 1 aliphatic carbocycles. The fourth-order valence-electron chi connectivity index (χ4n) is 7.15. The molecular weight excluding hydrogens is 596 g/mol. The Kier molecular flexibility index (Phi) is 10.5. The largest absolute Gasteiger partial charge is 0.497 e. The molecular formula is C39H50ClN2O4+. The van der Waals surface area contributed by atoms with Gasteiger partial charge in [-0.25, -0.2) is 0 Å². The van der Waals surface area contributed by atoms with Crippen LogP contribution in [0.1, 0.15) is 64.5 Å². The van der Waals surface area contributed by atoms with Crippen molar-refractivity contribution in [3.8, 4) is 11.5 Å². The molecule has 2 aliphatic heterocycles. The van der Waals surface area contributed by atoms with Gasteiger partial charge in [-0.05, 0) is 86.2 Å². The number of hydrogen-bond acceptors (Lipinski definition) is 5. The van der Waals surface area contributed by atoms with Gasteiger partial charge in [-0.15, -0.1) is 0 Å². The minimum absolute atomic E-state index is 0.180. The average molecular weight is 646 g/mol. The van der Waals surface area contributed by atoms with Crippen LogP contribution < -0.4 is 14.4 Å². The first-order valence-electron chi connectivity index (χ1n) is 16.3. The van der Waals surface area contributed by atoms with Crippen LogP contribution in [0.3, 0.4) is 0 Å². The summed E-state index contributed by atoms with van der Waals surface area (Å²) < 4.78 is 24.4. The summed E-state index contributed by atoms with van der Waals surface area (Å²) in [5.41, 5.74) is 9.52. The van der Waals surface area contributed by atoms with Crippen LogP contribution in [0.15, 0.2) is 82.6 Å². The summed E-state index contributed by atoms with van der Waals surface area (Å²) in [4.78, 5) is 2.43. The van der Waals surface area contributed by atoms with Crippen LogP contribution >= 0.6 is 11.6 Å². The maximum absolute atomic E-state index is 7.12. The van der Waals surface area contributed by atoms with Crippen LogP contribution in [0.25, 0.3) is 0 Å². The van der Waals surface area contributed by atoms with Gasteiger partial charge in [-0.1, -0.05) is 37.6 Å². The molecule has 6 nitrogen and oxygen atoms in total. The Bertz CT molecular complexity index is 1610. The summed E-state index contributed by atoms with van der Waals surface area (Å²) in [6, 6.07) is 12.8. The minimum Gasteiger partial charge on any atom is -0.497 e. The lowest BCUT2D eigenvalue weighted by molar-refractivity contribution is -0.438. The molecule has 0 aromatic heterocycles. The minimum atomic E-state index is -0.180. The standard InChI is InChI=1S/C39H50ClN2O4/c1-38(2)31-25-29(45-7)15-17-33(31)41(21-9-23-43-5)35(38)19-13-27-11-12-28(37(27)40)14-20-36-39(3,4)32-26-30(46-8)16-18-34(32)42(36)22-10-24-44-6/h13-20,25-26H,9-12,21-24H2,1-8H3/q+1. The van der Waals surface area contributed by atoms with Gasteiger partial charge in [0.05, 0.1) is 26.2 Å². The number of benzene rings is 2. The second kappa shape index (κ2) is 14.2. The molecule has 246 valence electrons. The van der Waals surface area contributed by atoms with Crippen molar-refractivity contribution in [2.75, 3.05) is 59.6 Å². The number of fused-ring (bicyclic) bond motifs is 2. The Balaban J connectivity index is 1.46. The van der Waals surface area contributed by atoms with Gasteiger partial charge in [-0.3, -0.25) is 0 Å². The molecule has 5 rings (SSSR count). The number of rotatable bonds is 13. The van der Waals surface area contributed by atoms with Crippen molar-refractivity contribution in [3.05, 3.63) is 93.7 Å². The van der Waals surface area contributed by atoms with Gasteiger partial charge in [0.15, 0.2) is 12.3 Å². The maximum Gasteiger partial charge on any atom is 0.210 e. The van der Waals surface area contributed by atoms with Gasteiger partial charge in [0.25, 0.3) is 0 Å². The second-order valence-electron chi connectivity index (χ2n) is 13.3. The highest BCUT2D eigenvalue weighted by Crippen LogP contribution is 2.49. The van der Waals surface area contributed by atoms with Crippen LogP contribution in [0.5, 0.6) is 11.5 Å². The maximum atomic E-state index is 7.12. The third-order valence-corrected chi connectivity index (χ3v) is 10.3. The van der Waals surface area contributed by atoms with Gasteiger partial charge < -0.3 is 23.8 Å². The van der Waals surface area contributed by atoms with Crippen LogP contribution in [-0.4, -0.2) is 65.0 Å². The van der Waals surface area contributed by atoms with Crippen molar-refractivity contribution in [2.24, 2.45) is 0 Å². The van der Waals surface area contributed by atoms with E-state index >= 15 is 0 Å². The van der Waals surface area contributed by atoms with Gasteiger partial charge in [0.1, 0.15) is 11.5 Å². The van der Waals surface area contributed by atoms with E-state index < -0.39 is 0 Å². The Morgan fingerprint density at radius 3 is 2.17 bits per heavy atom. The fraction of sp³-hybridized carbons (Fsp3) is 0.462. The fourth-order valence-corrected chi connectivity index (χ4v) is 7.46. The van der Waals surface area contributed by atoms with Crippen molar-refractivity contribution in [2.45, 2.75) is 64.2 Å². The lowest BCUT2D eigenvalue weighted by Crippen LogP contribution is -2.28. The predicted octanol–water partition coefficient (Wildman–Crippen LogP) is 8.60. The van der Waals surface area contributed by atoms with Crippen LogP contribution in [0, 0.1) is 0 Å². The predicted molar refractivity (Wildman–Crippen MR) is 190 cm³/mol. The lowest BCUT2D eigenvalue weighted by Gasteiger charge is -2.27. The first-order valence-corrected chi connectivity index (χ1v) is 16.7. The zero-order valence-corrected chi connectivity index (χ0v) is 29.6. The van der Waals surface area contributed by atoms with Crippen molar-refractivity contribution in [3.63, 3.8) is 0 Å². The molecule has 0 bridgehead atoms. The highest BCUT2D eigenvalue weighted by molar-refractivity contribution is 6.33. The van der Waals surface area contributed by atoms with E-state index in [9.17, 15) is 0 Å². The summed E-state index contributed by atoms with van der Waals surface area (Å²) >= 11 is 7.12. The van der Waals surface area contributed by atoms with E-state index in [2.05, 4.69) is 85.7 Å². The highest BCUT2D eigenvalue weighted by atomic mass is 35.5. The van der Waals surface area contributed by atoms with E-state index in [4.69, 9.17) is 30.5 Å². The summed E-state index contributed by atoms with van der Waals surface area (Å²) in [6.07, 6.45) is 12.7. The van der Waals surface area contributed by atoms with E-state index in [-0.39, 0.29) is 10.8 Å². The third kappa shape index (κ3) is 6.45. The highest BCUT2D eigenvalue weighted by Gasteiger charge is 2.44. The molecule has 0 atom stereocenters. The molecule has 2 heterocycles. The molecule has 0 radical (unpaired) electrons. The van der Waals surface area contributed by atoms with Crippen LogP contribution in [-0.2, 0) is 20.3 Å². The summed E-state index contributed by atoms with van der Waals surface area (Å²) in [5, 5.41) is 0.857. The van der Waals surface area contributed by atoms with Crippen LogP contribution in [0.4, 0.5) is 11.4 Å². The molecule has 0 fully saturated rings. The van der Waals surface area contributed by atoms with E-state index in [1.54, 1.807) is 28.4 Å². The summed E-state index contributed by atoms with van der Waals surface area (Å²) in [5.74, 6) is 1.76.